The third kappa shape index (κ3) is 3.05. The van der Waals surface area contributed by atoms with Crippen molar-refractivity contribution in [3.8, 4) is 5.75 Å². The van der Waals surface area contributed by atoms with Crippen LogP contribution in [0.3, 0.4) is 0 Å². The summed E-state index contributed by atoms with van der Waals surface area (Å²) >= 11 is 5.90. The first-order valence-corrected chi connectivity index (χ1v) is 6.57. The average molecular weight is 261 g/mol. The number of ether oxygens (including phenoxy) is 1. The predicted octanol–water partition coefficient (Wildman–Crippen LogP) is 4.62. The fourth-order valence-electron chi connectivity index (χ4n) is 1.79. The van der Waals surface area contributed by atoms with Crippen LogP contribution in [0, 0.1) is 13.8 Å². The molecule has 0 radical (unpaired) electrons. The first-order chi connectivity index (χ1) is 8.70. The van der Waals surface area contributed by atoms with Crippen LogP contribution in [0.15, 0.2) is 42.5 Å². The lowest BCUT2D eigenvalue weighted by Gasteiger charge is -2.10. The van der Waals surface area contributed by atoms with E-state index in [9.17, 15) is 0 Å². The van der Waals surface area contributed by atoms with Gasteiger partial charge in [0.15, 0.2) is 0 Å². The first-order valence-electron chi connectivity index (χ1n) is 6.03. The Bertz CT molecular complexity index is 534. The number of halogens is 1. The molecule has 0 saturated carbocycles. The summed E-state index contributed by atoms with van der Waals surface area (Å²) in [6, 6.07) is 14.2. The Labute approximate surface area is 113 Å². The molecule has 2 aromatic rings. The van der Waals surface area contributed by atoms with E-state index in [0.29, 0.717) is 12.5 Å². The number of hydrogen-bond acceptors (Lipinski definition) is 1. The van der Waals surface area contributed by atoms with Crippen molar-refractivity contribution in [1.29, 1.82) is 0 Å². The maximum atomic E-state index is 5.90. The van der Waals surface area contributed by atoms with Gasteiger partial charge in [0, 0.05) is 5.88 Å². The van der Waals surface area contributed by atoms with Gasteiger partial charge >= 0.3 is 0 Å². The summed E-state index contributed by atoms with van der Waals surface area (Å²) in [6.45, 7) is 4.75. The summed E-state index contributed by atoms with van der Waals surface area (Å²) in [7, 11) is 0. The van der Waals surface area contributed by atoms with E-state index in [1.54, 1.807) is 0 Å². The van der Waals surface area contributed by atoms with Crippen LogP contribution in [-0.4, -0.2) is 0 Å². The minimum atomic E-state index is 0.520. The lowest BCUT2D eigenvalue weighted by molar-refractivity contribution is 0.305. The van der Waals surface area contributed by atoms with Crippen molar-refractivity contribution in [1.82, 2.24) is 0 Å². The highest BCUT2D eigenvalue weighted by Gasteiger charge is 2.02. The molecule has 2 heteroatoms. The van der Waals surface area contributed by atoms with Gasteiger partial charge in [-0.2, -0.15) is 0 Å². The Morgan fingerprint density at radius 2 is 1.67 bits per heavy atom. The highest BCUT2D eigenvalue weighted by Crippen LogP contribution is 2.19. The molecule has 2 rings (SSSR count). The van der Waals surface area contributed by atoms with Crippen LogP contribution in [0.2, 0.25) is 0 Å². The molecular formula is C16H17ClO. The molecule has 0 bridgehead atoms. The maximum absolute atomic E-state index is 5.90. The standard InChI is InChI=1S/C16H17ClO/c1-12-7-8-16(9-13(12)2)18-11-15-6-4-3-5-14(15)10-17/h3-9H,10-11H2,1-2H3. The second kappa shape index (κ2) is 5.92. The van der Waals surface area contributed by atoms with E-state index in [-0.39, 0.29) is 0 Å². The van der Waals surface area contributed by atoms with E-state index in [4.69, 9.17) is 16.3 Å². The van der Waals surface area contributed by atoms with E-state index < -0.39 is 0 Å². The van der Waals surface area contributed by atoms with Crippen LogP contribution >= 0.6 is 11.6 Å². The molecule has 0 heterocycles. The number of hydrogen-bond donors (Lipinski definition) is 0. The molecule has 0 unspecified atom stereocenters. The Morgan fingerprint density at radius 1 is 0.944 bits per heavy atom. The first kappa shape index (κ1) is 13.0. The van der Waals surface area contributed by atoms with Crippen molar-refractivity contribution in [2.45, 2.75) is 26.3 Å². The molecule has 0 atom stereocenters. The van der Waals surface area contributed by atoms with Crippen LogP contribution in [0.25, 0.3) is 0 Å². The van der Waals surface area contributed by atoms with Crippen LogP contribution in [-0.2, 0) is 12.5 Å². The quantitative estimate of drug-likeness (QED) is 0.729. The number of rotatable bonds is 4. The maximum Gasteiger partial charge on any atom is 0.120 e. The van der Waals surface area contributed by atoms with Crippen molar-refractivity contribution < 1.29 is 4.74 Å². The third-order valence-electron chi connectivity index (χ3n) is 3.14. The molecule has 0 aliphatic heterocycles. The van der Waals surface area contributed by atoms with E-state index >= 15 is 0 Å². The molecule has 0 N–H and O–H groups in total. The molecule has 0 aliphatic rings. The van der Waals surface area contributed by atoms with Gasteiger partial charge in [-0.15, -0.1) is 11.6 Å². The van der Waals surface area contributed by atoms with E-state index in [0.717, 1.165) is 16.9 Å². The van der Waals surface area contributed by atoms with Crippen molar-refractivity contribution in [2.24, 2.45) is 0 Å². The molecule has 94 valence electrons. The largest absolute Gasteiger partial charge is 0.489 e. The Morgan fingerprint density at radius 3 is 2.33 bits per heavy atom. The second-order valence-corrected chi connectivity index (χ2v) is 4.70. The van der Waals surface area contributed by atoms with Crippen LogP contribution in [0.1, 0.15) is 22.3 Å². The number of benzene rings is 2. The molecule has 18 heavy (non-hydrogen) atoms. The summed E-state index contributed by atoms with van der Waals surface area (Å²) < 4.78 is 5.81. The lowest BCUT2D eigenvalue weighted by Crippen LogP contribution is -1.99. The third-order valence-corrected chi connectivity index (χ3v) is 3.42. The SMILES string of the molecule is Cc1ccc(OCc2ccccc2CCl)cc1C. The zero-order valence-electron chi connectivity index (χ0n) is 10.7. The smallest absolute Gasteiger partial charge is 0.120 e. The van der Waals surface area contributed by atoms with Crippen molar-refractivity contribution >= 4 is 11.6 Å². The van der Waals surface area contributed by atoms with Gasteiger partial charge in [0.1, 0.15) is 12.4 Å². The van der Waals surface area contributed by atoms with E-state index in [2.05, 4.69) is 32.0 Å². The van der Waals surface area contributed by atoms with Gasteiger partial charge in [-0.1, -0.05) is 30.3 Å². The summed E-state index contributed by atoms with van der Waals surface area (Å²) in [5.41, 5.74) is 4.80. The topological polar surface area (TPSA) is 9.23 Å². The Kier molecular flexibility index (Phi) is 4.27. The number of alkyl halides is 1. The minimum Gasteiger partial charge on any atom is -0.489 e. The predicted molar refractivity (Wildman–Crippen MR) is 76.2 cm³/mol. The molecule has 0 saturated heterocycles. The highest BCUT2D eigenvalue weighted by atomic mass is 35.5. The van der Waals surface area contributed by atoms with Gasteiger partial charge in [0.25, 0.3) is 0 Å². The van der Waals surface area contributed by atoms with E-state index in [1.807, 2.05) is 24.3 Å². The Hall–Kier alpha value is -1.47. The van der Waals surface area contributed by atoms with Gasteiger partial charge in [0.2, 0.25) is 0 Å². The molecular weight excluding hydrogens is 244 g/mol. The normalized spacial score (nSPS) is 10.4. The summed E-state index contributed by atoms with van der Waals surface area (Å²) in [4.78, 5) is 0. The zero-order valence-corrected chi connectivity index (χ0v) is 11.5. The molecule has 2 aromatic carbocycles. The van der Waals surface area contributed by atoms with E-state index in [1.165, 1.54) is 11.1 Å². The van der Waals surface area contributed by atoms with Crippen LogP contribution in [0.4, 0.5) is 0 Å². The fourth-order valence-corrected chi connectivity index (χ4v) is 2.05. The second-order valence-electron chi connectivity index (χ2n) is 4.44. The van der Waals surface area contributed by atoms with Gasteiger partial charge in [-0.25, -0.2) is 0 Å². The number of aryl methyl sites for hydroxylation is 2. The minimum absolute atomic E-state index is 0.520. The van der Waals surface area contributed by atoms with Crippen molar-refractivity contribution in [2.75, 3.05) is 0 Å². The summed E-state index contributed by atoms with van der Waals surface area (Å²) in [5.74, 6) is 1.43. The molecule has 1 nitrogen and oxygen atoms in total. The zero-order chi connectivity index (χ0) is 13.0. The van der Waals surface area contributed by atoms with Crippen molar-refractivity contribution in [3.63, 3.8) is 0 Å². The fraction of sp³-hybridized carbons (Fsp3) is 0.250. The highest BCUT2D eigenvalue weighted by molar-refractivity contribution is 6.17. The molecule has 0 fully saturated rings. The molecule has 0 aromatic heterocycles. The van der Waals surface area contributed by atoms with Gasteiger partial charge < -0.3 is 4.74 Å². The van der Waals surface area contributed by atoms with Gasteiger partial charge in [0.05, 0.1) is 0 Å². The lowest BCUT2D eigenvalue weighted by atomic mass is 10.1. The van der Waals surface area contributed by atoms with Gasteiger partial charge in [-0.3, -0.25) is 0 Å². The average Bonchev–Trinajstić information content (AvgIpc) is 2.40. The Balaban J connectivity index is 2.09. The van der Waals surface area contributed by atoms with Crippen molar-refractivity contribution in [3.05, 3.63) is 64.7 Å². The summed E-state index contributed by atoms with van der Waals surface area (Å²) in [6.07, 6.45) is 0. The molecule has 0 spiro atoms. The van der Waals surface area contributed by atoms with Gasteiger partial charge in [-0.05, 0) is 48.2 Å². The van der Waals surface area contributed by atoms with Crippen LogP contribution < -0.4 is 4.74 Å². The molecule has 0 aliphatic carbocycles. The monoisotopic (exact) mass is 260 g/mol. The van der Waals surface area contributed by atoms with Crippen LogP contribution in [0.5, 0.6) is 5.75 Å². The molecule has 0 amide bonds. The summed E-state index contributed by atoms with van der Waals surface area (Å²) in [5, 5.41) is 0.